The van der Waals surface area contributed by atoms with E-state index in [1.807, 2.05) is 6.92 Å². The van der Waals surface area contributed by atoms with Crippen molar-refractivity contribution in [2.75, 3.05) is 18.4 Å². The zero-order valence-electron chi connectivity index (χ0n) is 11.9. The summed E-state index contributed by atoms with van der Waals surface area (Å²) in [6.45, 7) is 2.82. The van der Waals surface area contributed by atoms with Crippen LogP contribution >= 0.6 is 0 Å². The van der Waals surface area contributed by atoms with Gasteiger partial charge in [-0.2, -0.15) is 0 Å². The molecule has 1 fully saturated rings. The van der Waals surface area contributed by atoms with Gasteiger partial charge >= 0.3 is 12.0 Å². The highest BCUT2D eigenvalue weighted by Crippen LogP contribution is 2.22. The number of carbonyl (C=O) groups excluding carboxylic acids is 1. The number of benzene rings is 1. The van der Waals surface area contributed by atoms with Crippen molar-refractivity contribution in [1.29, 1.82) is 0 Å². The van der Waals surface area contributed by atoms with Crippen LogP contribution in [0.4, 0.5) is 14.9 Å². The van der Waals surface area contributed by atoms with E-state index in [2.05, 4.69) is 5.32 Å². The summed E-state index contributed by atoms with van der Waals surface area (Å²) < 4.78 is 13.6. The van der Waals surface area contributed by atoms with Gasteiger partial charge in [-0.15, -0.1) is 0 Å². The molecule has 0 radical (unpaired) electrons. The minimum absolute atomic E-state index is 0.113. The zero-order valence-corrected chi connectivity index (χ0v) is 11.9. The van der Waals surface area contributed by atoms with Crippen molar-refractivity contribution in [3.8, 4) is 0 Å². The van der Waals surface area contributed by atoms with Gasteiger partial charge in [0, 0.05) is 19.5 Å². The molecule has 1 heterocycles. The van der Waals surface area contributed by atoms with E-state index in [0.29, 0.717) is 25.9 Å². The number of hydrogen-bond acceptors (Lipinski definition) is 2. The monoisotopic (exact) mass is 294 g/mol. The number of carboxylic acid groups (broad SMARTS) is 1. The molecule has 0 bridgehead atoms. The fourth-order valence-electron chi connectivity index (χ4n) is 2.52. The Balaban J connectivity index is 1.90. The minimum Gasteiger partial charge on any atom is -0.481 e. The van der Waals surface area contributed by atoms with Crippen molar-refractivity contribution in [1.82, 2.24) is 4.90 Å². The number of anilines is 1. The smallest absolute Gasteiger partial charge is 0.321 e. The molecule has 0 aromatic heterocycles. The Labute approximate surface area is 122 Å². The number of likely N-dealkylation sites (tertiary alicyclic amines) is 1. The fraction of sp³-hybridized carbons (Fsp3) is 0.467. The van der Waals surface area contributed by atoms with E-state index in [4.69, 9.17) is 5.11 Å². The van der Waals surface area contributed by atoms with Crippen LogP contribution in [-0.2, 0) is 4.79 Å². The molecule has 1 aliphatic rings. The Hall–Kier alpha value is -2.11. The predicted octanol–water partition coefficient (Wildman–Crippen LogP) is 2.85. The number of hydrogen-bond donors (Lipinski definition) is 2. The summed E-state index contributed by atoms with van der Waals surface area (Å²) in [6.07, 6.45) is 1.47. The van der Waals surface area contributed by atoms with Gasteiger partial charge in [0.1, 0.15) is 5.82 Å². The number of piperidine rings is 1. The average molecular weight is 294 g/mol. The molecule has 1 aromatic carbocycles. The Morgan fingerprint density at radius 1 is 1.38 bits per heavy atom. The topological polar surface area (TPSA) is 69.6 Å². The number of halogens is 1. The summed E-state index contributed by atoms with van der Waals surface area (Å²) in [7, 11) is 0. The first-order valence-electron chi connectivity index (χ1n) is 6.99. The number of rotatable bonds is 3. The maximum atomic E-state index is 13.6. The van der Waals surface area contributed by atoms with E-state index in [1.165, 1.54) is 6.07 Å². The van der Waals surface area contributed by atoms with Crippen LogP contribution in [0.2, 0.25) is 0 Å². The highest BCUT2D eigenvalue weighted by Gasteiger charge is 2.24. The number of urea groups is 1. The number of aliphatic carboxylic acids is 1. The molecule has 114 valence electrons. The first kappa shape index (κ1) is 15.3. The van der Waals surface area contributed by atoms with Crippen molar-refractivity contribution in [2.45, 2.75) is 26.2 Å². The van der Waals surface area contributed by atoms with E-state index in [1.54, 1.807) is 17.0 Å². The van der Waals surface area contributed by atoms with Crippen molar-refractivity contribution < 1.29 is 19.1 Å². The van der Waals surface area contributed by atoms with E-state index in [-0.39, 0.29) is 24.1 Å². The Morgan fingerprint density at radius 2 is 2.05 bits per heavy atom. The summed E-state index contributed by atoms with van der Waals surface area (Å²) in [5, 5.41) is 11.3. The van der Waals surface area contributed by atoms with Gasteiger partial charge in [-0.05, 0) is 43.4 Å². The van der Waals surface area contributed by atoms with E-state index >= 15 is 0 Å². The molecule has 2 amide bonds. The molecule has 2 rings (SSSR count). The molecular weight excluding hydrogens is 275 g/mol. The molecule has 0 unspecified atom stereocenters. The Morgan fingerprint density at radius 3 is 2.67 bits per heavy atom. The third kappa shape index (κ3) is 4.18. The summed E-state index contributed by atoms with van der Waals surface area (Å²) in [5.41, 5.74) is 1.04. The summed E-state index contributed by atoms with van der Waals surface area (Å²) in [4.78, 5) is 24.3. The lowest BCUT2D eigenvalue weighted by Gasteiger charge is -2.31. The molecule has 21 heavy (non-hydrogen) atoms. The molecule has 0 spiro atoms. The number of nitrogens with one attached hydrogen (secondary N) is 1. The van der Waals surface area contributed by atoms with Crippen LogP contribution < -0.4 is 5.32 Å². The van der Waals surface area contributed by atoms with E-state index in [0.717, 1.165) is 5.56 Å². The van der Waals surface area contributed by atoms with E-state index < -0.39 is 11.8 Å². The van der Waals surface area contributed by atoms with Crippen molar-refractivity contribution in [3.05, 3.63) is 29.6 Å². The van der Waals surface area contributed by atoms with Gasteiger partial charge in [-0.3, -0.25) is 4.79 Å². The van der Waals surface area contributed by atoms with Gasteiger partial charge in [0.15, 0.2) is 0 Å². The lowest BCUT2D eigenvalue weighted by molar-refractivity contribution is -0.138. The van der Waals surface area contributed by atoms with Crippen LogP contribution in [0.3, 0.4) is 0 Å². The third-order valence-electron chi connectivity index (χ3n) is 3.73. The second-order valence-corrected chi connectivity index (χ2v) is 5.44. The highest BCUT2D eigenvalue weighted by atomic mass is 19.1. The zero-order chi connectivity index (χ0) is 15.4. The quantitative estimate of drug-likeness (QED) is 0.900. The SMILES string of the molecule is Cc1ccc(F)c(NC(=O)N2CCC(CC(=O)O)CC2)c1. The molecule has 2 N–H and O–H groups in total. The summed E-state index contributed by atoms with van der Waals surface area (Å²) in [5.74, 6) is -1.16. The fourth-order valence-corrected chi connectivity index (χ4v) is 2.52. The molecule has 0 aliphatic carbocycles. The molecule has 0 atom stereocenters. The number of aryl methyl sites for hydroxylation is 1. The van der Waals surface area contributed by atoms with Gasteiger partial charge in [0.2, 0.25) is 0 Å². The van der Waals surface area contributed by atoms with Gasteiger partial charge in [0.05, 0.1) is 5.69 Å². The molecule has 1 aromatic rings. The maximum absolute atomic E-state index is 13.6. The minimum atomic E-state index is -0.806. The number of carboxylic acids is 1. The van der Waals surface area contributed by atoms with Crippen LogP contribution in [0.1, 0.15) is 24.8 Å². The molecule has 5 nitrogen and oxygen atoms in total. The molecule has 6 heteroatoms. The molecule has 1 saturated heterocycles. The van der Waals surface area contributed by atoms with Crippen LogP contribution in [0.15, 0.2) is 18.2 Å². The highest BCUT2D eigenvalue weighted by molar-refractivity contribution is 5.89. The summed E-state index contributed by atoms with van der Waals surface area (Å²) >= 11 is 0. The van der Waals surface area contributed by atoms with Crippen molar-refractivity contribution >= 4 is 17.7 Å². The Kier molecular flexibility index (Phi) is 4.77. The van der Waals surface area contributed by atoms with Gasteiger partial charge in [0.25, 0.3) is 0 Å². The van der Waals surface area contributed by atoms with E-state index in [9.17, 15) is 14.0 Å². The van der Waals surface area contributed by atoms with Crippen molar-refractivity contribution in [2.24, 2.45) is 5.92 Å². The standard InChI is InChI=1S/C15H19FN2O3/c1-10-2-3-12(16)13(8-10)17-15(21)18-6-4-11(5-7-18)9-14(19)20/h2-3,8,11H,4-7,9H2,1H3,(H,17,21)(H,19,20). The number of nitrogens with zero attached hydrogens (tertiary/aromatic N) is 1. The van der Waals surface area contributed by atoms with Crippen LogP contribution in [0.25, 0.3) is 0 Å². The van der Waals surface area contributed by atoms with Gasteiger partial charge < -0.3 is 15.3 Å². The van der Waals surface area contributed by atoms with Gasteiger partial charge in [-0.1, -0.05) is 6.07 Å². The van der Waals surface area contributed by atoms with Crippen molar-refractivity contribution in [3.63, 3.8) is 0 Å². The maximum Gasteiger partial charge on any atom is 0.321 e. The second-order valence-electron chi connectivity index (χ2n) is 5.44. The number of carbonyl (C=O) groups is 2. The predicted molar refractivity (Wildman–Crippen MR) is 76.7 cm³/mol. The molecular formula is C15H19FN2O3. The van der Waals surface area contributed by atoms with Crippen LogP contribution in [-0.4, -0.2) is 35.1 Å². The first-order chi connectivity index (χ1) is 9.95. The molecule has 0 saturated carbocycles. The lowest BCUT2D eigenvalue weighted by Crippen LogP contribution is -2.41. The van der Waals surface area contributed by atoms with Gasteiger partial charge in [-0.25, -0.2) is 9.18 Å². The lowest BCUT2D eigenvalue weighted by atomic mass is 9.94. The van der Waals surface area contributed by atoms with Crippen LogP contribution in [0.5, 0.6) is 0 Å². The average Bonchev–Trinajstić information content (AvgIpc) is 2.43. The Bertz CT molecular complexity index is 540. The first-order valence-corrected chi connectivity index (χ1v) is 6.99. The summed E-state index contributed by atoms with van der Waals surface area (Å²) in [6, 6.07) is 4.21. The third-order valence-corrected chi connectivity index (χ3v) is 3.73. The largest absolute Gasteiger partial charge is 0.481 e. The normalized spacial score (nSPS) is 15.8. The number of amides is 2. The second kappa shape index (κ2) is 6.56. The van der Waals surface area contributed by atoms with Crippen LogP contribution in [0, 0.1) is 18.7 Å². The molecule has 1 aliphatic heterocycles.